The molecule has 1 aliphatic carbocycles. The van der Waals surface area contributed by atoms with Gasteiger partial charge in [-0.25, -0.2) is 0 Å². The van der Waals surface area contributed by atoms with Gasteiger partial charge in [-0.15, -0.1) is 0 Å². The lowest BCUT2D eigenvalue weighted by Crippen LogP contribution is -2.27. The SMILES string of the molecule is COc1ccc(-c2cc(NC(=O)C3CCc4c(oc5ccccc45)C3)n[nH]2)cc1OC. The molecule has 7 heteroatoms. The van der Waals surface area contributed by atoms with Crippen molar-refractivity contribution in [3.05, 3.63) is 59.9 Å². The van der Waals surface area contributed by atoms with Gasteiger partial charge in [-0.2, -0.15) is 5.10 Å². The Morgan fingerprint density at radius 3 is 2.81 bits per heavy atom. The first-order valence-electron chi connectivity index (χ1n) is 10.2. The number of aryl methyl sites for hydroxylation is 1. The van der Waals surface area contributed by atoms with Crippen LogP contribution in [0, 0.1) is 5.92 Å². The van der Waals surface area contributed by atoms with Crippen LogP contribution in [0.2, 0.25) is 0 Å². The van der Waals surface area contributed by atoms with E-state index in [9.17, 15) is 4.79 Å². The zero-order valence-electron chi connectivity index (χ0n) is 17.4. The second kappa shape index (κ2) is 7.83. The predicted molar refractivity (Wildman–Crippen MR) is 117 cm³/mol. The van der Waals surface area contributed by atoms with E-state index < -0.39 is 0 Å². The van der Waals surface area contributed by atoms with Crippen LogP contribution < -0.4 is 14.8 Å². The summed E-state index contributed by atoms with van der Waals surface area (Å²) in [6.45, 7) is 0. The zero-order chi connectivity index (χ0) is 21.4. The van der Waals surface area contributed by atoms with Crippen LogP contribution in [0.15, 0.2) is 52.9 Å². The number of benzene rings is 2. The fraction of sp³-hybridized carbons (Fsp3) is 0.250. The highest BCUT2D eigenvalue weighted by molar-refractivity contribution is 5.93. The minimum Gasteiger partial charge on any atom is -0.493 e. The maximum atomic E-state index is 12.9. The molecule has 0 saturated heterocycles. The fourth-order valence-electron chi connectivity index (χ4n) is 4.22. The molecule has 0 saturated carbocycles. The topological polar surface area (TPSA) is 89.4 Å². The molecule has 2 aromatic heterocycles. The van der Waals surface area contributed by atoms with Crippen LogP contribution in [0.1, 0.15) is 17.7 Å². The average Bonchev–Trinajstić information content (AvgIpc) is 3.42. The first kappa shape index (κ1) is 19.2. The normalized spacial score (nSPS) is 15.5. The molecular formula is C24H23N3O4. The molecule has 0 bridgehead atoms. The van der Waals surface area contributed by atoms with E-state index in [1.807, 2.05) is 42.5 Å². The lowest BCUT2D eigenvalue weighted by Gasteiger charge is -2.20. The quantitative estimate of drug-likeness (QED) is 0.496. The van der Waals surface area contributed by atoms with Crippen molar-refractivity contribution in [1.82, 2.24) is 10.2 Å². The van der Waals surface area contributed by atoms with E-state index in [1.54, 1.807) is 14.2 Å². The Morgan fingerprint density at radius 2 is 1.97 bits per heavy atom. The summed E-state index contributed by atoms with van der Waals surface area (Å²) >= 11 is 0. The monoisotopic (exact) mass is 417 g/mol. The Balaban J connectivity index is 1.30. The van der Waals surface area contributed by atoms with Crippen molar-refractivity contribution in [3.8, 4) is 22.8 Å². The Morgan fingerprint density at radius 1 is 1.13 bits per heavy atom. The first-order valence-corrected chi connectivity index (χ1v) is 10.2. The standard InChI is InChI=1S/C24H23N3O4/c1-29-20-10-8-14(11-22(20)30-2)18-13-23(27-26-18)25-24(28)15-7-9-17-16-5-3-4-6-19(16)31-21(17)12-15/h3-6,8,10-11,13,15H,7,9,12H2,1-2H3,(H2,25,26,27,28). The molecule has 2 N–H and O–H groups in total. The van der Waals surface area contributed by atoms with Gasteiger partial charge in [0, 0.05) is 34.9 Å². The number of anilines is 1. The van der Waals surface area contributed by atoms with Gasteiger partial charge in [0.05, 0.1) is 19.9 Å². The van der Waals surface area contributed by atoms with Gasteiger partial charge < -0.3 is 19.2 Å². The van der Waals surface area contributed by atoms with Crippen molar-refractivity contribution >= 4 is 22.7 Å². The highest BCUT2D eigenvalue weighted by Crippen LogP contribution is 2.35. The van der Waals surface area contributed by atoms with E-state index in [1.165, 1.54) is 5.56 Å². The largest absolute Gasteiger partial charge is 0.493 e. The summed E-state index contributed by atoms with van der Waals surface area (Å²) in [4.78, 5) is 12.9. The molecule has 1 aliphatic rings. The molecule has 7 nitrogen and oxygen atoms in total. The smallest absolute Gasteiger partial charge is 0.229 e. The molecular weight excluding hydrogens is 394 g/mol. The second-order valence-electron chi connectivity index (χ2n) is 7.67. The van der Waals surface area contributed by atoms with Crippen LogP contribution in [0.4, 0.5) is 5.82 Å². The summed E-state index contributed by atoms with van der Waals surface area (Å²) in [7, 11) is 3.19. The first-order chi connectivity index (χ1) is 15.2. The molecule has 0 aliphatic heterocycles. The molecule has 0 radical (unpaired) electrons. The van der Waals surface area contributed by atoms with E-state index >= 15 is 0 Å². The minimum absolute atomic E-state index is 0.0449. The number of aromatic nitrogens is 2. The third kappa shape index (κ3) is 3.52. The molecule has 0 fully saturated rings. The number of methoxy groups -OCH3 is 2. The summed E-state index contributed by atoms with van der Waals surface area (Å²) < 4.78 is 16.6. The zero-order valence-corrected chi connectivity index (χ0v) is 17.4. The number of hydrogen-bond donors (Lipinski definition) is 2. The lowest BCUT2D eigenvalue weighted by atomic mass is 9.86. The number of hydrogen-bond acceptors (Lipinski definition) is 5. The summed E-state index contributed by atoms with van der Waals surface area (Å²) in [5, 5.41) is 11.3. The Labute approximate surface area is 179 Å². The van der Waals surface area contributed by atoms with Crippen molar-refractivity contribution in [1.29, 1.82) is 0 Å². The van der Waals surface area contributed by atoms with E-state index in [0.717, 1.165) is 40.8 Å². The summed E-state index contributed by atoms with van der Waals surface area (Å²) in [6.07, 6.45) is 2.22. The number of rotatable bonds is 5. The van der Waals surface area contributed by atoms with Gasteiger partial charge in [0.2, 0.25) is 5.91 Å². The van der Waals surface area contributed by atoms with Crippen molar-refractivity contribution in [2.75, 3.05) is 19.5 Å². The number of aromatic amines is 1. The molecule has 1 amide bonds. The van der Waals surface area contributed by atoms with Crippen LogP contribution >= 0.6 is 0 Å². The summed E-state index contributed by atoms with van der Waals surface area (Å²) in [6, 6.07) is 15.5. The molecule has 2 aromatic carbocycles. The number of furan rings is 1. The Bertz CT molecular complexity index is 1260. The predicted octanol–water partition coefficient (Wildman–Crippen LogP) is 4.58. The van der Waals surface area contributed by atoms with Gasteiger partial charge in [0.15, 0.2) is 17.3 Å². The fourth-order valence-corrected chi connectivity index (χ4v) is 4.22. The van der Waals surface area contributed by atoms with Gasteiger partial charge in [-0.3, -0.25) is 9.89 Å². The molecule has 4 aromatic rings. The molecule has 1 atom stereocenters. The lowest BCUT2D eigenvalue weighted by molar-refractivity contribution is -0.120. The average molecular weight is 417 g/mol. The number of nitrogens with zero attached hydrogens (tertiary/aromatic N) is 1. The number of H-pyrrole nitrogens is 1. The molecule has 5 rings (SSSR count). The van der Waals surface area contributed by atoms with Gasteiger partial charge >= 0.3 is 0 Å². The molecule has 0 spiro atoms. The van der Waals surface area contributed by atoms with E-state index in [-0.39, 0.29) is 11.8 Å². The van der Waals surface area contributed by atoms with Crippen molar-refractivity contribution in [3.63, 3.8) is 0 Å². The number of amides is 1. The molecule has 158 valence electrons. The van der Waals surface area contributed by atoms with Gasteiger partial charge in [0.1, 0.15) is 11.3 Å². The van der Waals surface area contributed by atoms with Crippen molar-refractivity contribution in [2.24, 2.45) is 5.92 Å². The van der Waals surface area contributed by atoms with Crippen molar-refractivity contribution in [2.45, 2.75) is 19.3 Å². The number of carbonyl (C=O) groups excluding carboxylic acids is 1. The highest BCUT2D eigenvalue weighted by Gasteiger charge is 2.29. The molecule has 1 unspecified atom stereocenters. The molecule has 31 heavy (non-hydrogen) atoms. The number of carbonyl (C=O) groups is 1. The van der Waals surface area contributed by atoms with Crippen LogP contribution in [-0.4, -0.2) is 30.3 Å². The van der Waals surface area contributed by atoms with E-state index in [4.69, 9.17) is 13.9 Å². The van der Waals surface area contributed by atoms with Gasteiger partial charge in [0.25, 0.3) is 0 Å². The number of ether oxygens (including phenoxy) is 2. The van der Waals surface area contributed by atoms with Crippen molar-refractivity contribution < 1.29 is 18.7 Å². The maximum absolute atomic E-state index is 12.9. The van der Waals surface area contributed by atoms with Gasteiger partial charge in [-0.1, -0.05) is 18.2 Å². The number of para-hydroxylation sites is 1. The van der Waals surface area contributed by atoms with E-state index in [0.29, 0.717) is 23.7 Å². The van der Waals surface area contributed by atoms with Crippen LogP contribution in [0.5, 0.6) is 11.5 Å². The third-order valence-corrected chi connectivity index (χ3v) is 5.85. The number of fused-ring (bicyclic) bond motifs is 3. The summed E-state index contributed by atoms with van der Waals surface area (Å²) in [5.41, 5.74) is 3.78. The Kier molecular flexibility index (Phi) is 4.86. The second-order valence-corrected chi connectivity index (χ2v) is 7.67. The third-order valence-electron chi connectivity index (χ3n) is 5.85. The maximum Gasteiger partial charge on any atom is 0.229 e. The van der Waals surface area contributed by atoms with Crippen LogP contribution in [0.25, 0.3) is 22.2 Å². The summed E-state index contributed by atoms with van der Waals surface area (Å²) in [5.74, 6) is 2.50. The Hall–Kier alpha value is -3.74. The van der Waals surface area contributed by atoms with Crippen LogP contribution in [0.3, 0.4) is 0 Å². The highest BCUT2D eigenvalue weighted by atomic mass is 16.5. The number of nitrogens with one attached hydrogen (secondary N) is 2. The molecule has 2 heterocycles. The van der Waals surface area contributed by atoms with Crippen LogP contribution in [-0.2, 0) is 17.6 Å². The van der Waals surface area contributed by atoms with Gasteiger partial charge in [-0.05, 0) is 37.1 Å². The minimum atomic E-state index is -0.144. The van der Waals surface area contributed by atoms with E-state index in [2.05, 4.69) is 21.6 Å².